The molecule has 0 heterocycles. The highest BCUT2D eigenvalue weighted by Crippen LogP contribution is 2.32. The van der Waals surface area contributed by atoms with E-state index in [2.05, 4.69) is 59.9 Å². The first kappa shape index (κ1) is 21.0. The van der Waals surface area contributed by atoms with Gasteiger partial charge >= 0.3 is 0 Å². The third-order valence-electron chi connectivity index (χ3n) is 4.68. The van der Waals surface area contributed by atoms with Crippen LogP contribution < -0.4 is 5.73 Å². The van der Waals surface area contributed by atoms with Crippen LogP contribution in [-0.2, 0) is 0 Å². The van der Waals surface area contributed by atoms with Crippen LogP contribution in [-0.4, -0.2) is 5.54 Å². The van der Waals surface area contributed by atoms with Crippen LogP contribution in [0.3, 0.4) is 0 Å². The van der Waals surface area contributed by atoms with Crippen molar-refractivity contribution in [1.29, 1.82) is 0 Å². The smallest absolute Gasteiger partial charge is 0.0128 e. The van der Waals surface area contributed by atoms with Crippen molar-refractivity contribution in [3.05, 3.63) is 41.2 Å². The molecular formula is C21H37N. The van der Waals surface area contributed by atoms with Gasteiger partial charge in [0.2, 0.25) is 0 Å². The van der Waals surface area contributed by atoms with Crippen LogP contribution in [0, 0.1) is 5.92 Å². The van der Waals surface area contributed by atoms with E-state index in [1.54, 1.807) is 0 Å². The average Bonchev–Trinajstić information content (AvgIpc) is 2.45. The lowest BCUT2D eigenvalue weighted by molar-refractivity contribution is 0.390. The summed E-state index contributed by atoms with van der Waals surface area (Å²) in [6.45, 7) is 16.9. The van der Waals surface area contributed by atoms with Crippen molar-refractivity contribution in [2.45, 2.75) is 85.6 Å². The van der Waals surface area contributed by atoms with Gasteiger partial charge in [-0.2, -0.15) is 0 Å². The molecule has 0 aliphatic carbocycles. The second-order valence-corrected chi connectivity index (χ2v) is 6.99. The molecule has 2 unspecified atom stereocenters. The lowest BCUT2D eigenvalue weighted by Gasteiger charge is -2.28. The van der Waals surface area contributed by atoms with Crippen molar-refractivity contribution in [1.82, 2.24) is 0 Å². The van der Waals surface area contributed by atoms with E-state index >= 15 is 0 Å². The molecule has 0 amide bonds. The number of rotatable bonds is 10. The van der Waals surface area contributed by atoms with Gasteiger partial charge in [0, 0.05) is 11.5 Å². The molecule has 0 saturated carbocycles. The van der Waals surface area contributed by atoms with Crippen molar-refractivity contribution >= 4 is 0 Å². The van der Waals surface area contributed by atoms with Crippen LogP contribution in [0.15, 0.2) is 41.2 Å². The Kier molecular flexibility index (Phi) is 10.1. The first-order valence-corrected chi connectivity index (χ1v) is 8.71. The van der Waals surface area contributed by atoms with Gasteiger partial charge in [0.25, 0.3) is 0 Å². The van der Waals surface area contributed by atoms with Gasteiger partial charge in [-0.05, 0) is 72.8 Å². The molecule has 0 rings (SSSR count). The minimum atomic E-state index is -0.0482. The normalized spacial score (nSPS) is 15.7. The van der Waals surface area contributed by atoms with Crippen LogP contribution >= 0.6 is 0 Å². The minimum absolute atomic E-state index is 0.0482. The van der Waals surface area contributed by atoms with E-state index in [1.165, 1.54) is 16.7 Å². The van der Waals surface area contributed by atoms with E-state index < -0.39 is 0 Å². The Balaban J connectivity index is 5.07. The number of allylic oxidation sites excluding steroid dienone is 5. The minimum Gasteiger partial charge on any atom is -0.325 e. The molecule has 2 atom stereocenters. The van der Waals surface area contributed by atoms with E-state index in [9.17, 15) is 0 Å². The molecule has 0 radical (unpaired) electrons. The fourth-order valence-corrected chi connectivity index (χ4v) is 3.03. The summed E-state index contributed by atoms with van der Waals surface area (Å²) >= 11 is 0. The monoisotopic (exact) mass is 303 g/mol. The molecule has 0 aromatic heterocycles. The van der Waals surface area contributed by atoms with E-state index in [-0.39, 0.29) is 5.54 Å². The summed E-state index contributed by atoms with van der Waals surface area (Å²) in [7, 11) is 0. The fourth-order valence-electron chi connectivity index (χ4n) is 3.03. The number of hydrogen-bond acceptors (Lipinski definition) is 1. The van der Waals surface area contributed by atoms with Crippen LogP contribution in [0.2, 0.25) is 0 Å². The van der Waals surface area contributed by atoms with Crippen LogP contribution in [0.25, 0.3) is 0 Å². The summed E-state index contributed by atoms with van der Waals surface area (Å²) in [6.07, 6.45) is 10.9. The molecule has 0 aliphatic rings. The molecular weight excluding hydrogens is 266 g/mol. The van der Waals surface area contributed by atoms with E-state index in [4.69, 9.17) is 5.73 Å². The van der Waals surface area contributed by atoms with Gasteiger partial charge in [-0.3, -0.25) is 0 Å². The van der Waals surface area contributed by atoms with Gasteiger partial charge in [-0.25, -0.2) is 0 Å². The molecule has 2 N–H and O–H groups in total. The van der Waals surface area contributed by atoms with Gasteiger partial charge in [0.15, 0.2) is 0 Å². The second-order valence-electron chi connectivity index (χ2n) is 6.99. The highest BCUT2D eigenvalue weighted by Gasteiger charge is 2.21. The highest BCUT2D eigenvalue weighted by atomic mass is 14.7. The molecule has 0 spiro atoms. The van der Waals surface area contributed by atoms with Gasteiger partial charge in [-0.15, -0.1) is 5.73 Å². The molecule has 22 heavy (non-hydrogen) atoms. The van der Waals surface area contributed by atoms with Crippen molar-refractivity contribution in [3.8, 4) is 0 Å². The number of hydrogen-bond donors (Lipinski definition) is 1. The molecule has 1 nitrogen and oxygen atoms in total. The Morgan fingerprint density at radius 1 is 1.27 bits per heavy atom. The molecule has 0 aliphatic heterocycles. The first-order valence-electron chi connectivity index (χ1n) is 8.71. The maximum Gasteiger partial charge on any atom is 0.0128 e. The summed E-state index contributed by atoms with van der Waals surface area (Å²) in [6, 6.07) is 0. The summed E-state index contributed by atoms with van der Waals surface area (Å²) in [5, 5.41) is 0. The summed E-state index contributed by atoms with van der Waals surface area (Å²) in [5.74, 6) is 0.525. The third-order valence-corrected chi connectivity index (χ3v) is 4.68. The Morgan fingerprint density at radius 2 is 1.91 bits per heavy atom. The van der Waals surface area contributed by atoms with Crippen LogP contribution in [0.5, 0.6) is 0 Å². The molecule has 0 bridgehead atoms. The average molecular weight is 304 g/mol. The zero-order chi connectivity index (χ0) is 17.2. The lowest BCUT2D eigenvalue weighted by atomic mass is 9.80. The summed E-state index contributed by atoms with van der Waals surface area (Å²) in [5.41, 5.74) is 13.7. The molecule has 126 valence electrons. The molecule has 0 aromatic carbocycles. The highest BCUT2D eigenvalue weighted by molar-refractivity contribution is 5.23. The zero-order valence-electron chi connectivity index (χ0n) is 15.8. The first-order chi connectivity index (χ1) is 10.3. The third kappa shape index (κ3) is 7.82. The van der Waals surface area contributed by atoms with Crippen LogP contribution in [0.4, 0.5) is 0 Å². The largest absolute Gasteiger partial charge is 0.325 e. The standard InChI is InChI=1S/C21H37N/c1-8-11-12-13-20(18(6)17(4)5)19(10-3)14-16-21(7,22)15-9-2/h10-11,20H,1,9,12-16,22H2,2-7H3. The summed E-state index contributed by atoms with van der Waals surface area (Å²) in [4.78, 5) is 0. The van der Waals surface area contributed by atoms with Crippen LogP contribution in [0.1, 0.15) is 80.1 Å². The molecule has 1 heteroatoms. The quantitative estimate of drug-likeness (QED) is 0.370. The molecule has 0 fully saturated rings. The summed E-state index contributed by atoms with van der Waals surface area (Å²) < 4.78 is 0. The van der Waals surface area contributed by atoms with Gasteiger partial charge in [0.1, 0.15) is 0 Å². The maximum atomic E-state index is 6.42. The van der Waals surface area contributed by atoms with Crippen molar-refractivity contribution in [3.63, 3.8) is 0 Å². The number of nitrogens with two attached hydrogens (primary N) is 1. The predicted molar refractivity (Wildman–Crippen MR) is 101 cm³/mol. The Hall–Kier alpha value is -1.04. The maximum absolute atomic E-state index is 6.42. The lowest BCUT2D eigenvalue weighted by Crippen LogP contribution is -2.36. The molecule has 0 aromatic rings. The molecule has 0 saturated heterocycles. The Morgan fingerprint density at radius 3 is 2.36 bits per heavy atom. The Bertz CT molecular complexity index is 427. The van der Waals surface area contributed by atoms with Gasteiger partial charge in [-0.1, -0.05) is 42.7 Å². The van der Waals surface area contributed by atoms with Crippen molar-refractivity contribution in [2.24, 2.45) is 11.7 Å². The SMILES string of the molecule is C=C=CCCC(C(=CC)CCC(C)(N)CCC)C(C)=C(C)C. The van der Waals surface area contributed by atoms with Gasteiger partial charge < -0.3 is 5.73 Å². The second kappa shape index (κ2) is 10.6. The van der Waals surface area contributed by atoms with E-state index in [0.29, 0.717) is 5.92 Å². The topological polar surface area (TPSA) is 26.0 Å². The van der Waals surface area contributed by atoms with E-state index in [0.717, 1.165) is 38.5 Å². The van der Waals surface area contributed by atoms with Crippen molar-refractivity contribution < 1.29 is 0 Å². The fraction of sp³-hybridized carbons (Fsp3) is 0.667. The van der Waals surface area contributed by atoms with E-state index in [1.807, 2.05) is 6.08 Å². The predicted octanol–water partition coefficient (Wildman–Crippen LogP) is 6.32. The zero-order valence-corrected chi connectivity index (χ0v) is 15.8. The van der Waals surface area contributed by atoms with Crippen molar-refractivity contribution in [2.75, 3.05) is 0 Å². The van der Waals surface area contributed by atoms with Gasteiger partial charge in [0.05, 0.1) is 0 Å². The Labute approximate surface area is 139 Å².